The van der Waals surface area contributed by atoms with Crippen molar-refractivity contribution in [1.29, 1.82) is 0 Å². The third-order valence-electron chi connectivity index (χ3n) is 3.04. The third kappa shape index (κ3) is 5.17. The minimum Gasteiger partial charge on any atom is -0.355 e. The van der Waals surface area contributed by atoms with Gasteiger partial charge < -0.3 is 10.2 Å². The van der Waals surface area contributed by atoms with Crippen LogP contribution in [-0.2, 0) is 9.59 Å². The molecule has 1 heterocycles. The molecule has 1 aliphatic heterocycles. The molecule has 1 rings (SSSR count). The summed E-state index contributed by atoms with van der Waals surface area (Å²) in [7, 11) is 0. The zero-order valence-electron chi connectivity index (χ0n) is 10.9. The monoisotopic (exact) mass is 241 g/mol. The number of carbonyl (C=O) groups is 2. The lowest BCUT2D eigenvalue weighted by molar-refractivity contribution is -0.130. The first-order valence-corrected chi connectivity index (χ1v) is 6.38. The van der Waals surface area contributed by atoms with Crippen molar-refractivity contribution in [3.8, 4) is 0 Å². The first kappa shape index (κ1) is 14.0. The van der Waals surface area contributed by atoms with Gasteiger partial charge in [0.1, 0.15) is 0 Å². The lowest BCUT2D eigenvalue weighted by atomic mass is 10.3. The van der Waals surface area contributed by atoms with E-state index in [9.17, 15) is 9.59 Å². The van der Waals surface area contributed by atoms with Crippen molar-refractivity contribution < 1.29 is 9.59 Å². The van der Waals surface area contributed by atoms with Crippen molar-refractivity contribution in [2.24, 2.45) is 0 Å². The van der Waals surface area contributed by atoms with Gasteiger partial charge in [-0.05, 0) is 6.42 Å². The van der Waals surface area contributed by atoms with Crippen LogP contribution in [0.25, 0.3) is 0 Å². The van der Waals surface area contributed by atoms with Crippen molar-refractivity contribution in [3.63, 3.8) is 0 Å². The fourth-order valence-corrected chi connectivity index (χ4v) is 1.96. The molecule has 0 aliphatic carbocycles. The summed E-state index contributed by atoms with van der Waals surface area (Å²) < 4.78 is 0. The van der Waals surface area contributed by atoms with Gasteiger partial charge in [-0.2, -0.15) is 0 Å². The molecule has 1 aliphatic rings. The number of piperazine rings is 1. The number of rotatable bonds is 5. The highest BCUT2D eigenvalue weighted by molar-refractivity contribution is 5.75. The van der Waals surface area contributed by atoms with E-state index >= 15 is 0 Å². The number of carbonyl (C=O) groups excluding carboxylic acids is 2. The van der Waals surface area contributed by atoms with Crippen LogP contribution in [0.3, 0.4) is 0 Å². The van der Waals surface area contributed by atoms with Gasteiger partial charge in [-0.25, -0.2) is 0 Å². The van der Waals surface area contributed by atoms with Crippen LogP contribution in [0.5, 0.6) is 0 Å². The average Bonchev–Trinajstić information content (AvgIpc) is 2.30. The molecule has 0 aromatic rings. The zero-order chi connectivity index (χ0) is 12.7. The predicted octanol–water partition coefficient (Wildman–Crippen LogP) is 0.0668. The van der Waals surface area contributed by atoms with E-state index in [2.05, 4.69) is 10.2 Å². The number of hydrogen-bond acceptors (Lipinski definition) is 3. The zero-order valence-corrected chi connectivity index (χ0v) is 10.9. The minimum absolute atomic E-state index is 0.134. The predicted molar refractivity (Wildman–Crippen MR) is 66.6 cm³/mol. The largest absolute Gasteiger partial charge is 0.355 e. The molecule has 0 saturated carbocycles. The number of nitrogens with one attached hydrogen (secondary N) is 1. The summed E-state index contributed by atoms with van der Waals surface area (Å²) in [6, 6.07) is 0. The van der Waals surface area contributed by atoms with Gasteiger partial charge in [-0.1, -0.05) is 6.92 Å². The first-order chi connectivity index (χ1) is 8.13. The molecule has 17 heavy (non-hydrogen) atoms. The Balaban J connectivity index is 2.10. The molecule has 1 saturated heterocycles. The van der Waals surface area contributed by atoms with Crippen LogP contribution in [0.4, 0.5) is 0 Å². The maximum atomic E-state index is 11.2. The summed E-state index contributed by atoms with van der Waals surface area (Å²) in [4.78, 5) is 26.5. The van der Waals surface area contributed by atoms with Crippen LogP contribution in [0.1, 0.15) is 26.7 Å². The highest BCUT2D eigenvalue weighted by Crippen LogP contribution is 2.00. The Hall–Kier alpha value is -1.10. The Bertz CT molecular complexity index is 260. The molecule has 0 aromatic carbocycles. The molecular formula is C12H23N3O2. The summed E-state index contributed by atoms with van der Waals surface area (Å²) in [5.41, 5.74) is 0. The van der Waals surface area contributed by atoms with Gasteiger partial charge in [0, 0.05) is 52.6 Å². The Labute approximate surface area is 103 Å². The highest BCUT2D eigenvalue weighted by Gasteiger charge is 2.17. The fraction of sp³-hybridized carbons (Fsp3) is 0.833. The van der Waals surface area contributed by atoms with E-state index in [1.807, 2.05) is 11.8 Å². The fourth-order valence-electron chi connectivity index (χ4n) is 1.96. The molecule has 0 aromatic heterocycles. The molecule has 2 amide bonds. The van der Waals surface area contributed by atoms with Gasteiger partial charge >= 0.3 is 0 Å². The summed E-state index contributed by atoms with van der Waals surface area (Å²) in [5.74, 6) is 0.288. The molecule has 98 valence electrons. The first-order valence-electron chi connectivity index (χ1n) is 6.38. The van der Waals surface area contributed by atoms with Crippen LogP contribution < -0.4 is 5.32 Å². The Morgan fingerprint density at radius 2 is 1.82 bits per heavy atom. The van der Waals surface area contributed by atoms with Crippen molar-refractivity contribution in [2.45, 2.75) is 26.7 Å². The van der Waals surface area contributed by atoms with Gasteiger partial charge in [0.25, 0.3) is 0 Å². The lowest BCUT2D eigenvalue weighted by Gasteiger charge is -2.34. The molecule has 5 nitrogen and oxygen atoms in total. The van der Waals surface area contributed by atoms with Gasteiger partial charge in [-0.15, -0.1) is 0 Å². The van der Waals surface area contributed by atoms with E-state index in [0.717, 1.165) is 39.1 Å². The van der Waals surface area contributed by atoms with Crippen LogP contribution in [0.15, 0.2) is 0 Å². The van der Waals surface area contributed by atoms with Crippen molar-refractivity contribution in [3.05, 3.63) is 0 Å². The third-order valence-corrected chi connectivity index (χ3v) is 3.04. The van der Waals surface area contributed by atoms with E-state index in [0.29, 0.717) is 13.0 Å². The van der Waals surface area contributed by atoms with Crippen LogP contribution in [0, 0.1) is 0 Å². The Morgan fingerprint density at radius 1 is 1.18 bits per heavy atom. The quantitative estimate of drug-likeness (QED) is 0.741. The molecule has 0 bridgehead atoms. The van der Waals surface area contributed by atoms with E-state index in [4.69, 9.17) is 0 Å². The topological polar surface area (TPSA) is 52.7 Å². The van der Waals surface area contributed by atoms with Gasteiger partial charge in [0.05, 0.1) is 0 Å². The molecule has 1 N–H and O–H groups in total. The molecule has 0 spiro atoms. The van der Waals surface area contributed by atoms with E-state index in [-0.39, 0.29) is 11.8 Å². The van der Waals surface area contributed by atoms with E-state index in [1.165, 1.54) is 0 Å². The van der Waals surface area contributed by atoms with Gasteiger partial charge in [0.15, 0.2) is 0 Å². The van der Waals surface area contributed by atoms with E-state index in [1.54, 1.807) is 6.92 Å². The minimum atomic E-state index is 0.134. The number of nitrogens with zero attached hydrogens (tertiary/aromatic N) is 2. The summed E-state index contributed by atoms with van der Waals surface area (Å²) in [5, 5.41) is 2.90. The molecule has 0 radical (unpaired) electrons. The summed E-state index contributed by atoms with van der Waals surface area (Å²) >= 11 is 0. The maximum absolute atomic E-state index is 11.2. The number of hydrogen-bond donors (Lipinski definition) is 1. The normalized spacial score (nSPS) is 16.9. The Morgan fingerprint density at radius 3 is 2.35 bits per heavy atom. The lowest BCUT2D eigenvalue weighted by Crippen LogP contribution is -2.49. The second-order valence-electron chi connectivity index (χ2n) is 4.45. The van der Waals surface area contributed by atoms with E-state index < -0.39 is 0 Å². The summed E-state index contributed by atoms with van der Waals surface area (Å²) in [6.07, 6.45) is 1.50. The van der Waals surface area contributed by atoms with Gasteiger partial charge in [0.2, 0.25) is 11.8 Å². The number of amides is 2. The van der Waals surface area contributed by atoms with Crippen LogP contribution in [-0.4, -0.2) is 60.9 Å². The second-order valence-corrected chi connectivity index (χ2v) is 4.45. The van der Waals surface area contributed by atoms with Crippen molar-refractivity contribution in [2.75, 3.05) is 39.3 Å². The smallest absolute Gasteiger partial charge is 0.220 e. The molecule has 0 unspecified atom stereocenters. The average molecular weight is 241 g/mol. The molecular weight excluding hydrogens is 218 g/mol. The standard InChI is InChI=1S/C12H23N3O2/c1-3-4-12(17)13-5-6-14-7-9-15(10-8-14)11(2)16/h3-10H2,1-2H3,(H,13,17). The summed E-state index contributed by atoms with van der Waals surface area (Å²) in [6.45, 7) is 8.62. The van der Waals surface area contributed by atoms with Crippen LogP contribution in [0.2, 0.25) is 0 Å². The maximum Gasteiger partial charge on any atom is 0.220 e. The second kappa shape index (κ2) is 7.27. The van der Waals surface area contributed by atoms with Crippen molar-refractivity contribution in [1.82, 2.24) is 15.1 Å². The highest BCUT2D eigenvalue weighted by atomic mass is 16.2. The van der Waals surface area contributed by atoms with Crippen LogP contribution >= 0.6 is 0 Å². The Kier molecular flexibility index (Phi) is 5.97. The van der Waals surface area contributed by atoms with Crippen molar-refractivity contribution >= 4 is 11.8 Å². The molecule has 5 heteroatoms. The molecule has 0 atom stereocenters. The molecule has 1 fully saturated rings. The van der Waals surface area contributed by atoms with Gasteiger partial charge in [-0.3, -0.25) is 14.5 Å². The SMILES string of the molecule is CCCC(=O)NCCN1CCN(C(C)=O)CC1.